The second-order valence-corrected chi connectivity index (χ2v) is 7.38. The molecule has 1 aromatic heterocycles. The Hall–Kier alpha value is 0.1000. The fraction of sp³-hybridized carbons (Fsp3) is 0.667. The van der Waals surface area contributed by atoms with Crippen LogP contribution >= 0.6 is 27.3 Å². The van der Waals surface area contributed by atoms with Gasteiger partial charge in [-0.15, -0.1) is 11.3 Å². The van der Waals surface area contributed by atoms with Crippen LogP contribution in [0.1, 0.15) is 25.1 Å². The van der Waals surface area contributed by atoms with Crippen molar-refractivity contribution in [2.75, 3.05) is 19.6 Å². The summed E-state index contributed by atoms with van der Waals surface area (Å²) < 4.78 is 1.21. The Morgan fingerprint density at radius 1 is 1.44 bits per heavy atom. The third-order valence-electron chi connectivity index (χ3n) is 2.60. The van der Waals surface area contributed by atoms with Gasteiger partial charge < -0.3 is 11.1 Å². The van der Waals surface area contributed by atoms with Crippen molar-refractivity contribution >= 4 is 27.3 Å². The Bertz CT molecular complexity index is 310. The Morgan fingerprint density at radius 3 is 2.75 bits per heavy atom. The van der Waals surface area contributed by atoms with Gasteiger partial charge in [0.1, 0.15) is 0 Å². The first-order valence-electron chi connectivity index (χ1n) is 5.68. The molecule has 4 heteroatoms. The molecule has 1 heterocycles. The number of nitrogens with two attached hydrogens (primary N) is 1. The molecule has 1 rings (SSSR count). The Labute approximate surface area is 111 Å². The van der Waals surface area contributed by atoms with Crippen LogP contribution in [0.2, 0.25) is 0 Å². The molecule has 0 aliphatic carbocycles. The van der Waals surface area contributed by atoms with Gasteiger partial charge in [-0.25, -0.2) is 0 Å². The zero-order chi connectivity index (χ0) is 12.0. The molecule has 0 aliphatic rings. The highest BCUT2D eigenvalue weighted by atomic mass is 79.9. The number of hydrogen-bond acceptors (Lipinski definition) is 3. The average Bonchev–Trinajstić information content (AvgIpc) is 2.59. The summed E-state index contributed by atoms with van der Waals surface area (Å²) in [5.41, 5.74) is 5.89. The molecular formula is C12H21BrN2S. The van der Waals surface area contributed by atoms with E-state index in [0.29, 0.717) is 5.41 Å². The molecule has 0 unspecified atom stereocenters. The van der Waals surface area contributed by atoms with Crippen molar-refractivity contribution < 1.29 is 0 Å². The monoisotopic (exact) mass is 304 g/mol. The van der Waals surface area contributed by atoms with Gasteiger partial charge in [0.25, 0.3) is 0 Å². The van der Waals surface area contributed by atoms with Gasteiger partial charge in [-0.05, 0) is 59.4 Å². The minimum absolute atomic E-state index is 0.310. The molecule has 0 atom stereocenters. The van der Waals surface area contributed by atoms with Crippen molar-refractivity contribution in [1.82, 2.24) is 5.32 Å². The van der Waals surface area contributed by atoms with Crippen molar-refractivity contribution in [1.29, 1.82) is 0 Å². The van der Waals surface area contributed by atoms with E-state index in [-0.39, 0.29) is 0 Å². The molecule has 0 spiro atoms. The third kappa shape index (κ3) is 5.43. The molecular weight excluding hydrogens is 284 g/mol. The zero-order valence-corrected chi connectivity index (χ0v) is 12.5. The van der Waals surface area contributed by atoms with E-state index in [1.54, 1.807) is 0 Å². The smallest absolute Gasteiger partial charge is 0.0701 e. The van der Waals surface area contributed by atoms with Gasteiger partial charge in [0, 0.05) is 11.4 Å². The minimum atomic E-state index is 0.310. The van der Waals surface area contributed by atoms with Crippen molar-refractivity contribution in [2.45, 2.75) is 26.7 Å². The number of halogens is 1. The normalized spacial score (nSPS) is 12.0. The first-order chi connectivity index (χ1) is 7.53. The molecule has 0 bridgehead atoms. The second kappa shape index (κ2) is 6.74. The van der Waals surface area contributed by atoms with E-state index >= 15 is 0 Å². The average molecular weight is 305 g/mol. The van der Waals surface area contributed by atoms with Crippen LogP contribution in [0, 0.1) is 5.41 Å². The summed E-state index contributed by atoms with van der Waals surface area (Å²) in [5.74, 6) is 0. The van der Waals surface area contributed by atoms with Gasteiger partial charge in [0.15, 0.2) is 0 Å². The molecule has 16 heavy (non-hydrogen) atoms. The summed E-state index contributed by atoms with van der Waals surface area (Å²) in [6.45, 7) is 7.37. The van der Waals surface area contributed by atoms with Crippen LogP contribution in [0.15, 0.2) is 15.9 Å². The van der Waals surface area contributed by atoms with Crippen LogP contribution in [-0.2, 0) is 6.42 Å². The lowest BCUT2D eigenvalue weighted by Crippen LogP contribution is -2.32. The Morgan fingerprint density at radius 2 is 2.19 bits per heavy atom. The standard InChI is InChI=1S/C12H21BrN2S/c1-12(2,6-7-14)9-15-8-5-10-3-4-11(13)16-10/h3-4,15H,5-9,14H2,1-2H3. The van der Waals surface area contributed by atoms with Gasteiger partial charge in [-0.3, -0.25) is 0 Å². The Kier molecular flexibility index (Phi) is 5.97. The summed E-state index contributed by atoms with van der Waals surface area (Å²) in [7, 11) is 0. The number of hydrogen-bond donors (Lipinski definition) is 2. The van der Waals surface area contributed by atoms with Crippen molar-refractivity contribution in [3.05, 3.63) is 20.8 Å². The van der Waals surface area contributed by atoms with Crippen LogP contribution in [0.3, 0.4) is 0 Å². The zero-order valence-electron chi connectivity index (χ0n) is 10.1. The highest BCUT2D eigenvalue weighted by Crippen LogP contribution is 2.22. The molecule has 0 saturated carbocycles. The van der Waals surface area contributed by atoms with E-state index < -0.39 is 0 Å². The quantitative estimate of drug-likeness (QED) is 0.760. The second-order valence-electron chi connectivity index (χ2n) is 4.84. The largest absolute Gasteiger partial charge is 0.330 e. The first-order valence-corrected chi connectivity index (χ1v) is 7.29. The van der Waals surface area contributed by atoms with Gasteiger partial charge in [0.05, 0.1) is 3.79 Å². The lowest BCUT2D eigenvalue weighted by atomic mass is 9.89. The lowest BCUT2D eigenvalue weighted by molar-refractivity contribution is 0.321. The van der Waals surface area contributed by atoms with E-state index in [9.17, 15) is 0 Å². The highest BCUT2D eigenvalue weighted by molar-refractivity contribution is 9.11. The molecule has 92 valence electrons. The molecule has 0 aromatic carbocycles. The molecule has 0 aliphatic heterocycles. The van der Waals surface area contributed by atoms with Gasteiger partial charge in [-0.2, -0.15) is 0 Å². The fourth-order valence-electron chi connectivity index (χ4n) is 1.60. The lowest BCUT2D eigenvalue weighted by Gasteiger charge is -2.24. The maximum absolute atomic E-state index is 5.58. The summed E-state index contributed by atoms with van der Waals surface area (Å²) in [5, 5.41) is 3.50. The summed E-state index contributed by atoms with van der Waals surface area (Å²) in [6, 6.07) is 4.29. The summed E-state index contributed by atoms with van der Waals surface area (Å²) in [4.78, 5) is 1.43. The Balaban J connectivity index is 2.16. The van der Waals surface area contributed by atoms with Crippen molar-refractivity contribution in [3.8, 4) is 0 Å². The van der Waals surface area contributed by atoms with E-state index in [0.717, 1.165) is 32.5 Å². The maximum Gasteiger partial charge on any atom is 0.0701 e. The molecule has 3 N–H and O–H groups in total. The highest BCUT2D eigenvalue weighted by Gasteiger charge is 2.15. The minimum Gasteiger partial charge on any atom is -0.330 e. The maximum atomic E-state index is 5.58. The topological polar surface area (TPSA) is 38.0 Å². The van der Waals surface area contributed by atoms with Crippen LogP contribution < -0.4 is 11.1 Å². The van der Waals surface area contributed by atoms with Crippen LogP contribution in [0.4, 0.5) is 0 Å². The van der Waals surface area contributed by atoms with Crippen LogP contribution in [-0.4, -0.2) is 19.6 Å². The molecule has 1 aromatic rings. The van der Waals surface area contributed by atoms with Gasteiger partial charge in [-0.1, -0.05) is 13.8 Å². The molecule has 0 radical (unpaired) electrons. The summed E-state index contributed by atoms with van der Waals surface area (Å²) >= 11 is 5.29. The van der Waals surface area contributed by atoms with Gasteiger partial charge >= 0.3 is 0 Å². The SMILES string of the molecule is CC(C)(CCN)CNCCc1ccc(Br)s1. The van der Waals surface area contributed by atoms with E-state index in [4.69, 9.17) is 5.73 Å². The summed E-state index contributed by atoms with van der Waals surface area (Å²) in [6.07, 6.45) is 2.18. The van der Waals surface area contributed by atoms with E-state index in [2.05, 4.69) is 47.2 Å². The van der Waals surface area contributed by atoms with E-state index in [1.807, 2.05) is 11.3 Å². The molecule has 0 fully saturated rings. The predicted molar refractivity (Wildman–Crippen MR) is 76.0 cm³/mol. The predicted octanol–water partition coefficient (Wildman–Crippen LogP) is 3.02. The number of rotatable bonds is 7. The first kappa shape index (κ1) is 14.2. The fourth-order valence-corrected chi connectivity index (χ4v) is 3.09. The van der Waals surface area contributed by atoms with Crippen LogP contribution in [0.5, 0.6) is 0 Å². The van der Waals surface area contributed by atoms with Gasteiger partial charge in [0.2, 0.25) is 0 Å². The van der Waals surface area contributed by atoms with Crippen LogP contribution in [0.25, 0.3) is 0 Å². The number of thiophene rings is 1. The molecule has 0 saturated heterocycles. The molecule has 2 nitrogen and oxygen atoms in total. The third-order valence-corrected chi connectivity index (χ3v) is 4.29. The molecule has 0 amide bonds. The van der Waals surface area contributed by atoms with Crippen molar-refractivity contribution in [3.63, 3.8) is 0 Å². The van der Waals surface area contributed by atoms with E-state index in [1.165, 1.54) is 8.66 Å². The van der Waals surface area contributed by atoms with Crippen molar-refractivity contribution in [2.24, 2.45) is 11.1 Å². The number of nitrogens with one attached hydrogen (secondary N) is 1.